The summed E-state index contributed by atoms with van der Waals surface area (Å²) in [6.07, 6.45) is 10.2. The molecule has 1 atom stereocenters. The number of aromatic nitrogens is 1. The summed E-state index contributed by atoms with van der Waals surface area (Å²) in [7, 11) is 2.11. The molecule has 2 heterocycles. The second kappa shape index (κ2) is 8.09. The fourth-order valence-electron chi connectivity index (χ4n) is 7.06. The van der Waals surface area contributed by atoms with Crippen molar-refractivity contribution in [1.82, 2.24) is 0 Å². The van der Waals surface area contributed by atoms with E-state index in [9.17, 15) is 0 Å². The second-order valence-corrected chi connectivity index (χ2v) is 10.7. The molecule has 0 spiro atoms. The molecule has 1 unspecified atom stereocenters. The normalized spacial score (nSPS) is 18.1. The molecule has 7 rings (SSSR count). The van der Waals surface area contributed by atoms with Gasteiger partial charge in [-0.2, -0.15) is 0 Å². The zero-order valence-electron chi connectivity index (χ0n) is 20.7. The van der Waals surface area contributed by atoms with E-state index in [0.29, 0.717) is 0 Å². The summed E-state index contributed by atoms with van der Waals surface area (Å²) >= 11 is 0. The first-order chi connectivity index (χ1) is 17.2. The fourth-order valence-corrected chi connectivity index (χ4v) is 7.06. The van der Waals surface area contributed by atoms with E-state index in [2.05, 4.69) is 91.5 Å². The molecule has 35 heavy (non-hydrogen) atoms. The van der Waals surface area contributed by atoms with Crippen molar-refractivity contribution in [3.05, 3.63) is 89.6 Å². The van der Waals surface area contributed by atoms with Crippen molar-refractivity contribution < 1.29 is 8.98 Å². The van der Waals surface area contributed by atoms with Gasteiger partial charge in [0.25, 0.3) is 0 Å². The highest BCUT2D eigenvalue weighted by Gasteiger charge is 2.33. The molecule has 5 aromatic rings. The van der Waals surface area contributed by atoms with Gasteiger partial charge in [0.1, 0.15) is 18.2 Å². The first kappa shape index (κ1) is 20.9. The highest BCUT2D eigenvalue weighted by Crippen LogP contribution is 2.49. The average Bonchev–Trinajstić information content (AvgIpc) is 3.62. The van der Waals surface area contributed by atoms with Crippen molar-refractivity contribution in [2.24, 2.45) is 13.0 Å². The summed E-state index contributed by atoms with van der Waals surface area (Å²) in [5.74, 6) is 1.63. The Morgan fingerprint density at radius 3 is 2.43 bits per heavy atom. The summed E-state index contributed by atoms with van der Waals surface area (Å²) in [6.45, 7) is 2.18. The lowest BCUT2D eigenvalue weighted by molar-refractivity contribution is -0.660. The average molecular weight is 459 g/mol. The van der Waals surface area contributed by atoms with Crippen LogP contribution in [0.15, 0.2) is 77.3 Å². The Bertz CT molecular complexity index is 1580. The fraction of sp³-hybridized carbons (Fsp3) is 0.303. The van der Waals surface area contributed by atoms with E-state index < -0.39 is 0 Å². The van der Waals surface area contributed by atoms with Crippen LogP contribution < -0.4 is 4.57 Å². The molecular weight excluding hydrogens is 426 g/mol. The molecule has 0 amide bonds. The molecule has 0 aliphatic heterocycles. The number of rotatable bonds is 3. The molecule has 0 saturated heterocycles. The van der Waals surface area contributed by atoms with E-state index in [1.807, 2.05) is 0 Å². The summed E-state index contributed by atoms with van der Waals surface area (Å²) < 4.78 is 9.02. The molecule has 1 fully saturated rings. The largest absolute Gasteiger partial charge is 0.454 e. The monoisotopic (exact) mass is 458 g/mol. The summed E-state index contributed by atoms with van der Waals surface area (Å²) in [6, 6.07) is 24.5. The van der Waals surface area contributed by atoms with Crippen LogP contribution in [0, 0.1) is 12.8 Å². The van der Waals surface area contributed by atoms with Crippen LogP contribution in [-0.2, 0) is 13.5 Å². The molecule has 0 radical (unpaired) electrons. The van der Waals surface area contributed by atoms with Crippen molar-refractivity contribution in [3.63, 3.8) is 0 Å². The van der Waals surface area contributed by atoms with E-state index >= 15 is 0 Å². The van der Waals surface area contributed by atoms with E-state index in [1.54, 1.807) is 11.1 Å². The van der Waals surface area contributed by atoms with Gasteiger partial charge in [-0.1, -0.05) is 61.4 Å². The van der Waals surface area contributed by atoms with Crippen LogP contribution in [0.5, 0.6) is 0 Å². The first-order valence-electron chi connectivity index (χ1n) is 13.2. The van der Waals surface area contributed by atoms with E-state index in [-0.39, 0.29) is 0 Å². The van der Waals surface area contributed by atoms with Crippen molar-refractivity contribution in [2.75, 3.05) is 0 Å². The maximum Gasteiger partial charge on any atom is 0.216 e. The Kier molecular flexibility index (Phi) is 4.84. The lowest BCUT2D eigenvalue weighted by Crippen LogP contribution is -2.30. The summed E-state index contributed by atoms with van der Waals surface area (Å²) in [4.78, 5) is 0. The Morgan fingerprint density at radius 2 is 1.57 bits per heavy atom. The molecule has 2 nitrogen and oxygen atoms in total. The van der Waals surface area contributed by atoms with Gasteiger partial charge in [-0.25, -0.2) is 4.57 Å². The van der Waals surface area contributed by atoms with Gasteiger partial charge < -0.3 is 4.42 Å². The number of fused-ring (bicyclic) bond motifs is 4. The molecule has 3 aromatic carbocycles. The second-order valence-electron chi connectivity index (χ2n) is 10.7. The third-order valence-corrected chi connectivity index (χ3v) is 8.76. The predicted octanol–water partition coefficient (Wildman–Crippen LogP) is 8.27. The van der Waals surface area contributed by atoms with Crippen LogP contribution in [0.2, 0.25) is 0 Å². The molecular formula is C33H32NO+. The smallest absolute Gasteiger partial charge is 0.216 e. The molecule has 174 valence electrons. The van der Waals surface area contributed by atoms with Crippen LogP contribution >= 0.6 is 0 Å². The Balaban J connectivity index is 1.45. The number of hydrogen-bond acceptors (Lipinski definition) is 1. The number of benzene rings is 3. The quantitative estimate of drug-likeness (QED) is 0.249. The van der Waals surface area contributed by atoms with Gasteiger partial charge in [-0.05, 0) is 72.8 Å². The van der Waals surface area contributed by atoms with E-state index in [4.69, 9.17) is 4.42 Å². The highest BCUT2D eigenvalue weighted by atomic mass is 16.3. The van der Waals surface area contributed by atoms with Gasteiger partial charge in [0.2, 0.25) is 5.69 Å². The Morgan fingerprint density at radius 1 is 0.771 bits per heavy atom. The Labute approximate surface area is 207 Å². The third kappa shape index (κ3) is 3.19. The number of furan rings is 1. The minimum atomic E-state index is 0.745. The van der Waals surface area contributed by atoms with Crippen LogP contribution in [0.4, 0.5) is 0 Å². The topological polar surface area (TPSA) is 17.0 Å². The molecule has 0 bridgehead atoms. The van der Waals surface area contributed by atoms with Crippen molar-refractivity contribution in [1.29, 1.82) is 0 Å². The van der Waals surface area contributed by atoms with Crippen LogP contribution in [-0.4, -0.2) is 0 Å². The summed E-state index contributed by atoms with van der Waals surface area (Å²) in [5.41, 5.74) is 11.4. The van der Waals surface area contributed by atoms with E-state index in [1.165, 1.54) is 77.2 Å². The van der Waals surface area contributed by atoms with Crippen LogP contribution in [0.25, 0.3) is 44.3 Å². The van der Waals surface area contributed by atoms with Crippen LogP contribution in [0.1, 0.15) is 54.7 Å². The van der Waals surface area contributed by atoms with Gasteiger partial charge in [0.15, 0.2) is 6.20 Å². The molecule has 2 aliphatic carbocycles. The van der Waals surface area contributed by atoms with Crippen molar-refractivity contribution in [3.8, 4) is 22.4 Å². The predicted molar refractivity (Wildman–Crippen MR) is 144 cm³/mol. The molecule has 2 aliphatic rings. The van der Waals surface area contributed by atoms with Gasteiger partial charge in [0, 0.05) is 28.5 Å². The number of pyridine rings is 1. The summed E-state index contributed by atoms with van der Waals surface area (Å²) in [5, 5.41) is 2.41. The van der Waals surface area contributed by atoms with Gasteiger partial charge in [-0.15, -0.1) is 0 Å². The lowest BCUT2D eigenvalue weighted by atomic mass is 9.85. The van der Waals surface area contributed by atoms with Gasteiger partial charge in [-0.3, -0.25) is 0 Å². The molecule has 2 heteroatoms. The zero-order chi connectivity index (χ0) is 23.5. The third-order valence-electron chi connectivity index (χ3n) is 8.76. The first-order valence-corrected chi connectivity index (χ1v) is 13.2. The number of nitrogens with zero attached hydrogens (tertiary/aromatic N) is 1. The minimum Gasteiger partial charge on any atom is -0.454 e. The number of hydrogen-bond donors (Lipinski definition) is 0. The highest BCUT2D eigenvalue weighted by molar-refractivity contribution is 6.13. The lowest BCUT2D eigenvalue weighted by Gasteiger charge is -2.19. The molecule has 2 aromatic heterocycles. The maximum atomic E-state index is 6.83. The SMILES string of the molecule is Cc1ccc2c(oc3c(-c4cccc5c4CCC5C4CCCC4)cccc32)c1-c1cccc[n+]1C. The molecule has 0 N–H and O–H groups in total. The van der Waals surface area contributed by atoms with Gasteiger partial charge in [0.05, 0.1) is 5.56 Å². The molecule has 1 saturated carbocycles. The van der Waals surface area contributed by atoms with Crippen molar-refractivity contribution in [2.45, 2.75) is 51.4 Å². The maximum absolute atomic E-state index is 6.83. The van der Waals surface area contributed by atoms with Gasteiger partial charge >= 0.3 is 0 Å². The zero-order valence-corrected chi connectivity index (χ0v) is 20.7. The standard InChI is InChI=1S/C33H32NO/c1-21-16-17-29-28-14-8-13-27(32(28)35-33(29)31(21)30-15-5-6-20-34(30)2)25-12-7-11-24-23(18-19-26(24)25)22-9-3-4-10-22/h5-8,11-17,20,22-23H,3-4,9-10,18-19H2,1-2H3/q+1. The minimum absolute atomic E-state index is 0.745. The van der Waals surface area contributed by atoms with E-state index in [0.717, 1.165) is 23.0 Å². The number of para-hydroxylation sites is 1. The van der Waals surface area contributed by atoms with Crippen LogP contribution in [0.3, 0.4) is 0 Å². The van der Waals surface area contributed by atoms with Crippen molar-refractivity contribution >= 4 is 21.9 Å². The number of aryl methyl sites for hydroxylation is 2. The Hall–Kier alpha value is -3.39.